The largest absolute Gasteiger partial charge is 0.382 e. The van der Waals surface area contributed by atoms with Crippen LogP contribution in [0, 0.1) is 6.92 Å². The van der Waals surface area contributed by atoms with Gasteiger partial charge in [0.1, 0.15) is 0 Å². The first-order valence-corrected chi connectivity index (χ1v) is 9.29. The van der Waals surface area contributed by atoms with Gasteiger partial charge in [0.05, 0.1) is 4.90 Å². The van der Waals surface area contributed by atoms with Gasteiger partial charge >= 0.3 is 0 Å². The van der Waals surface area contributed by atoms with Gasteiger partial charge in [-0.25, -0.2) is 12.7 Å². The molecule has 0 unspecified atom stereocenters. The third-order valence-corrected chi connectivity index (χ3v) is 5.36. The van der Waals surface area contributed by atoms with Crippen molar-refractivity contribution >= 4 is 33.0 Å². The van der Waals surface area contributed by atoms with Crippen LogP contribution in [0.25, 0.3) is 0 Å². The summed E-state index contributed by atoms with van der Waals surface area (Å²) in [7, 11) is -0.453. The average molecular weight is 360 g/mol. The van der Waals surface area contributed by atoms with Crippen LogP contribution in [0.3, 0.4) is 0 Å². The summed E-state index contributed by atoms with van der Waals surface area (Å²) >= 11 is 5.21. The van der Waals surface area contributed by atoms with Crippen LogP contribution >= 0.6 is 12.2 Å². The van der Waals surface area contributed by atoms with Gasteiger partial charge in [0.15, 0.2) is 5.11 Å². The fourth-order valence-electron chi connectivity index (χ4n) is 1.85. The van der Waals surface area contributed by atoms with E-state index in [9.17, 15) is 8.42 Å². The smallest absolute Gasteiger partial charge is 0.242 e. The number of benzene rings is 1. The summed E-state index contributed by atoms with van der Waals surface area (Å²) in [6.45, 7) is 5.80. The lowest BCUT2D eigenvalue weighted by Gasteiger charge is -2.16. The molecular formula is C15H25N3O3S2. The van der Waals surface area contributed by atoms with Gasteiger partial charge in [0.2, 0.25) is 10.0 Å². The Labute approximate surface area is 144 Å². The predicted molar refractivity (Wildman–Crippen MR) is 97.4 cm³/mol. The van der Waals surface area contributed by atoms with E-state index in [2.05, 4.69) is 10.6 Å². The quantitative estimate of drug-likeness (QED) is 0.546. The number of rotatable bonds is 8. The van der Waals surface area contributed by atoms with Crippen molar-refractivity contribution in [3.8, 4) is 0 Å². The number of hydrogen-bond acceptors (Lipinski definition) is 4. The third-order valence-electron chi connectivity index (χ3n) is 3.16. The van der Waals surface area contributed by atoms with E-state index >= 15 is 0 Å². The van der Waals surface area contributed by atoms with Gasteiger partial charge in [-0.15, -0.1) is 0 Å². The summed E-state index contributed by atoms with van der Waals surface area (Å²) in [6, 6.07) is 5.16. The van der Waals surface area contributed by atoms with Crippen molar-refractivity contribution in [1.29, 1.82) is 0 Å². The summed E-state index contributed by atoms with van der Waals surface area (Å²) in [4.78, 5) is 0.270. The number of hydrogen-bond donors (Lipinski definition) is 2. The molecule has 0 saturated heterocycles. The van der Waals surface area contributed by atoms with Crippen LogP contribution in [0.4, 0.5) is 5.69 Å². The van der Waals surface area contributed by atoms with E-state index in [1.54, 1.807) is 25.1 Å². The molecule has 2 N–H and O–H groups in total. The predicted octanol–water partition coefficient (Wildman–Crippen LogP) is 1.96. The van der Waals surface area contributed by atoms with E-state index in [1.807, 2.05) is 6.92 Å². The van der Waals surface area contributed by atoms with Gasteiger partial charge in [-0.2, -0.15) is 0 Å². The Balaban J connectivity index is 2.70. The first kappa shape index (κ1) is 19.8. The van der Waals surface area contributed by atoms with Crippen LogP contribution in [-0.4, -0.2) is 51.7 Å². The molecule has 6 nitrogen and oxygen atoms in total. The minimum atomic E-state index is -3.48. The number of nitrogens with one attached hydrogen (secondary N) is 2. The monoisotopic (exact) mass is 359 g/mol. The van der Waals surface area contributed by atoms with Crippen molar-refractivity contribution in [1.82, 2.24) is 9.62 Å². The maximum atomic E-state index is 12.3. The zero-order chi connectivity index (χ0) is 17.5. The second-order valence-electron chi connectivity index (χ2n) is 5.20. The SMILES string of the molecule is CCOCCCNC(=S)Nc1ccc(C)c(S(=O)(=O)N(C)C)c1. The number of anilines is 1. The molecule has 0 aliphatic rings. The van der Waals surface area contributed by atoms with Crippen molar-refractivity contribution in [2.24, 2.45) is 0 Å². The minimum Gasteiger partial charge on any atom is -0.382 e. The van der Waals surface area contributed by atoms with E-state index < -0.39 is 10.0 Å². The van der Waals surface area contributed by atoms with E-state index in [4.69, 9.17) is 17.0 Å². The highest BCUT2D eigenvalue weighted by Gasteiger charge is 2.20. The van der Waals surface area contributed by atoms with E-state index in [0.29, 0.717) is 36.1 Å². The topological polar surface area (TPSA) is 70.7 Å². The maximum Gasteiger partial charge on any atom is 0.242 e. The first-order valence-electron chi connectivity index (χ1n) is 7.44. The standard InChI is InChI=1S/C15H25N3O3S2/c1-5-21-10-6-9-16-15(22)17-13-8-7-12(2)14(11-13)23(19,20)18(3)4/h7-8,11H,5-6,9-10H2,1-4H3,(H2,16,17,22). The summed E-state index contributed by atoms with van der Waals surface area (Å²) in [6.07, 6.45) is 0.851. The molecule has 0 atom stereocenters. The van der Waals surface area contributed by atoms with Crippen LogP contribution in [0.2, 0.25) is 0 Å². The molecule has 0 heterocycles. The number of aryl methyl sites for hydroxylation is 1. The lowest BCUT2D eigenvalue weighted by Crippen LogP contribution is -2.30. The highest BCUT2D eigenvalue weighted by Crippen LogP contribution is 2.22. The van der Waals surface area contributed by atoms with Crippen molar-refractivity contribution in [3.05, 3.63) is 23.8 Å². The van der Waals surface area contributed by atoms with Gasteiger partial charge in [-0.3, -0.25) is 0 Å². The molecule has 0 spiro atoms. The Hall–Kier alpha value is -1.22. The molecule has 0 bridgehead atoms. The molecule has 0 fully saturated rings. The molecule has 0 aromatic heterocycles. The summed E-state index contributed by atoms with van der Waals surface area (Å²) < 4.78 is 31.0. The molecule has 1 rings (SSSR count). The Kier molecular flexibility index (Phi) is 7.90. The summed E-state index contributed by atoms with van der Waals surface area (Å²) in [5, 5.41) is 6.53. The molecule has 130 valence electrons. The van der Waals surface area contributed by atoms with E-state index in [1.165, 1.54) is 18.4 Å². The molecule has 8 heteroatoms. The lowest BCUT2D eigenvalue weighted by atomic mass is 10.2. The van der Waals surface area contributed by atoms with Crippen LogP contribution in [-0.2, 0) is 14.8 Å². The number of thiocarbonyl (C=S) groups is 1. The molecule has 0 radical (unpaired) electrons. The van der Waals surface area contributed by atoms with Crippen molar-refractivity contribution in [3.63, 3.8) is 0 Å². The molecule has 23 heavy (non-hydrogen) atoms. The fourth-order valence-corrected chi connectivity index (χ4v) is 3.21. The Morgan fingerprint density at radius 3 is 2.65 bits per heavy atom. The van der Waals surface area contributed by atoms with Crippen molar-refractivity contribution in [2.45, 2.75) is 25.2 Å². The molecule has 1 aromatic rings. The van der Waals surface area contributed by atoms with Gasteiger partial charge in [-0.1, -0.05) is 6.07 Å². The van der Waals surface area contributed by atoms with Crippen LogP contribution in [0.15, 0.2) is 23.1 Å². The summed E-state index contributed by atoms with van der Waals surface area (Å²) in [5.41, 5.74) is 1.33. The third kappa shape index (κ3) is 6.06. The second kappa shape index (κ2) is 9.17. The normalized spacial score (nSPS) is 11.5. The fraction of sp³-hybridized carbons (Fsp3) is 0.533. The average Bonchev–Trinajstić information content (AvgIpc) is 2.48. The Bertz CT molecular complexity index is 631. The maximum absolute atomic E-state index is 12.3. The molecule has 0 aliphatic heterocycles. The highest BCUT2D eigenvalue weighted by molar-refractivity contribution is 7.89. The summed E-state index contributed by atoms with van der Waals surface area (Å²) in [5.74, 6) is 0. The van der Waals surface area contributed by atoms with Gasteiger partial charge in [-0.05, 0) is 50.2 Å². The van der Waals surface area contributed by atoms with Gasteiger partial charge in [0.25, 0.3) is 0 Å². The molecule has 1 aromatic carbocycles. The molecular weight excluding hydrogens is 334 g/mol. The van der Waals surface area contributed by atoms with Crippen LogP contribution in [0.5, 0.6) is 0 Å². The molecule has 0 amide bonds. The van der Waals surface area contributed by atoms with Gasteiger partial charge < -0.3 is 15.4 Å². The Morgan fingerprint density at radius 2 is 2.04 bits per heavy atom. The van der Waals surface area contributed by atoms with Gasteiger partial charge in [0, 0.05) is 39.5 Å². The van der Waals surface area contributed by atoms with Crippen LogP contribution in [0.1, 0.15) is 18.9 Å². The zero-order valence-corrected chi connectivity index (χ0v) is 15.7. The Morgan fingerprint density at radius 1 is 1.35 bits per heavy atom. The zero-order valence-electron chi connectivity index (χ0n) is 14.0. The number of ether oxygens (including phenoxy) is 1. The minimum absolute atomic E-state index is 0.270. The number of sulfonamides is 1. The van der Waals surface area contributed by atoms with E-state index in [0.717, 1.165) is 6.42 Å². The molecule has 0 aliphatic carbocycles. The number of nitrogens with zero attached hydrogens (tertiary/aromatic N) is 1. The second-order valence-corrected chi connectivity index (χ2v) is 7.73. The van der Waals surface area contributed by atoms with E-state index in [-0.39, 0.29) is 4.90 Å². The highest BCUT2D eigenvalue weighted by atomic mass is 32.2. The van der Waals surface area contributed by atoms with Crippen LogP contribution < -0.4 is 10.6 Å². The molecule has 0 saturated carbocycles. The lowest BCUT2D eigenvalue weighted by molar-refractivity contribution is 0.146. The van der Waals surface area contributed by atoms with Crippen molar-refractivity contribution in [2.75, 3.05) is 39.2 Å². The van der Waals surface area contributed by atoms with Crippen molar-refractivity contribution < 1.29 is 13.2 Å². The first-order chi connectivity index (χ1) is 10.8.